The van der Waals surface area contributed by atoms with E-state index in [9.17, 15) is 5.11 Å². The third kappa shape index (κ3) is 7.39. The molecule has 1 aliphatic carbocycles. The number of pyridine rings is 1. The predicted octanol–water partition coefficient (Wildman–Crippen LogP) is 4.33. The highest BCUT2D eigenvalue weighted by molar-refractivity contribution is 6.00. The first-order chi connectivity index (χ1) is 21.4. The maximum atomic E-state index is 10.4. The van der Waals surface area contributed by atoms with E-state index in [2.05, 4.69) is 42.1 Å². The first kappa shape index (κ1) is 30.1. The SMILES string of the molecule is CC(C)NC(=N)c1nnc(-c2ccccc2O)cc1NC1CCN(c2ccnc(OC3CC(OC4CCNCC4)C3)c2)CC1. The number of anilines is 2. The zero-order valence-corrected chi connectivity index (χ0v) is 25.6. The molecule has 2 aliphatic heterocycles. The Hall–Kier alpha value is -3.96. The van der Waals surface area contributed by atoms with Crippen molar-refractivity contribution in [1.82, 2.24) is 25.8 Å². The second-order valence-electron chi connectivity index (χ2n) is 12.4. The summed E-state index contributed by atoms with van der Waals surface area (Å²) >= 11 is 0. The van der Waals surface area contributed by atoms with E-state index in [0.717, 1.165) is 76.1 Å². The molecule has 0 unspecified atom stereocenters. The number of phenols is 1. The summed E-state index contributed by atoms with van der Waals surface area (Å²) in [4.78, 5) is 6.86. The molecule has 3 aromatic rings. The summed E-state index contributed by atoms with van der Waals surface area (Å²) in [7, 11) is 0. The lowest BCUT2D eigenvalue weighted by Crippen LogP contribution is -2.43. The Bertz CT molecular complexity index is 1420. The van der Waals surface area contributed by atoms with Gasteiger partial charge in [0.05, 0.1) is 23.6 Å². The zero-order valence-electron chi connectivity index (χ0n) is 25.6. The van der Waals surface area contributed by atoms with Crippen LogP contribution in [0, 0.1) is 5.41 Å². The Morgan fingerprint density at radius 2 is 1.77 bits per heavy atom. The standard InChI is InChI=1S/C33H44N8O3/c1-21(2)37-33(34)32-29(20-28(39-40-32)27-5-3-4-6-30(27)42)38-22-10-15-41(16-11-22)23-7-14-36-31(17-23)44-26-18-25(19-26)43-24-8-12-35-13-9-24/h3-7,14,17,20-22,24-26,35,42H,8-13,15-16,18-19H2,1-2H3,(H2,34,37)(H,38,39). The molecule has 11 nitrogen and oxygen atoms in total. The van der Waals surface area contributed by atoms with Crippen molar-refractivity contribution in [3.05, 3.63) is 54.4 Å². The molecule has 234 valence electrons. The molecule has 44 heavy (non-hydrogen) atoms. The fraction of sp³-hybridized carbons (Fsp3) is 0.515. The summed E-state index contributed by atoms with van der Waals surface area (Å²) in [5.41, 5.74) is 3.48. The highest BCUT2D eigenvalue weighted by Crippen LogP contribution is 2.33. The van der Waals surface area contributed by atoms with Gasteiger partial charge in [-0.15, -0.1) is 10.2 Å². The van der Waals surface area contributed by atoms with E-state index in [4.69, 9.17) is 14.9 Å². The van der Waals surface area contributed by atoms with Crippen LogP contribution < -0.4 is 25.6 Å². The van der Waals surface area contributed by atoms with Crippen LogP contribution in [0.5, 0.6) is 11.6 Å². The Balaban J connectivity index is 1.05. The molecule has 0 radical (unpaired) electrons. The van der Waals surface area contributed by atoms with E-state index >= 15 is 0 Å². The number of hydrogen-bond donors (Lipinski definition) is 5. The maximum Gasteiger partial charge on any atom is 0.215 e. The molecule has 1 aromatic carbocycles. The van der Waals surface area contributed by atoms with Gasteiger partial charge in [0.1, 0.15) is 17.7 Å². The van der Waals surface area contributed by atoms with Crippen molar-refractivity contribution in [2.45, 2.75) is 82.8 Å². The van der Waals surface area contributed by atoms with Crippen LogP contribution in [0.4, 0.5) is 11.4 Å². The molecule has 5 N–H and O–H groups in total. The normalized spacial score (nSPS) is 21.1. The molecule has 0 bridgehead atoms. The van der Waals surface area contributed by atoms with Gasteiger partial charge in [0, 0.05) is 61.5 Å². The van der Waals surface area contributed by atoms with E-state index < -0.39 is 0 Å². The van der Waals surface area contributed by atoms with Gasteiger partial charge in [-0.3, -0.25) is 5.41 Å². The topological polar surface area (TPSA) is 141 Å². The van der Waals surface area contributed by atoms with Crippen LogP contribution >= 0.6 is 0 Å². The largest absolute Gasteiger partial charge is 0.507 e. The number of aromatic nitrogens is 3. The van der Waals surface area contributed by atoms with Crippen LogP contribution in [0.1, 0.15) is 58.1 Å². The number of nitrogens with one attached hydrogen (secondary N) is 4. The average molecular weight is 601 g/mol. The molecule has 0 atom stereocenters. The molecule has 1 saturated carbocycles. The second-order valence-corrected chi connectivity index (χ2v) is 12.4. The molecule has 3 aliphatic rings. The number of rotatable bonds is 10. The zero-order chi connectivity index (χ0) is 30.5. The van der Waals surface area contributed by atoms with Gasteiger partial charge in [-0.2, -0.15) is 0 Å². The summed E-state index contributed by atoms with van der Waals surface area (Å²) in [6, 6.07) is 13.4. The van der Waals surface area contributed by atoms with Gasteiger partial charge in [-0.25, -0.2) is 4.98 Å². The fourth-order valence-corrected chi connectivity index (χ4v) is 6.13. The first-order valence-electron chi connectivity index (χ1n) is 15.9. The number of benzene rings is 1. The summed E-state index contributed by atoms with van der Waals surface area (Å²) < 4.78 is 12.5. The fourth-order valence-electron chi connectivity index (χ4n) is 6.13. The Labute approximate surface area is 259 Å². The quantitative estimate of drug-likeness (QED) is 0.169. The van der Waals surface area contributed by atoms with E-state index in [1.54, 1.807) is 12.1 Å². The highest BCUT2D eigenvalue weighted by atomic mass is 16.5. The molecule has 6 rings (SSSR count). The van der Waals surface area contributed by atoms with Gasteiger partial charge in [0.15, 0.2) is 5.69 Å². The van der Waals surface area contributed by atoms with Crippen LogP contribution in [0.25, 0.3) is 11.3 Å². The molecule has 0 amide bonds. The lowest BCUT2D eigenvalue weighted by molar-refractivity contribution is -0.103. The van der Waals surface area contributed by atoms with Gasteiger partial charge in [-0.05, 0) is 76.9 Å². The van der Waals surface area contributed by atoms with Gasteiger partial charge >= 0.3 is 0 Å². The number of ether oxygens (including phenoxy) is 2. The molecule has 2 aromatic heterocycles. The average Bonchev–Trinajstić information content (AvgIpc) is 3.01. The predicted molar refractivity (Wildman–Crippen MR) is 172 cm³/mol. The van der Waals surface area contributed by atoms with Crippen molar-refractivity contribution in [3.8, 4) is 22.9 Å². The van der Waals surface area contributed by atoms with E-state index in [0.29, 0.717) is 35.0 Å². The van der Waals surface area contributed by atoms with E-state index in [1.165, 1.54) is 0 Å². The lowest BCUT2D eigenvalue weighted by Gasteiger charge is -2.38. The van der Waals surface area contributed by atoms with Gasteiger partial charge in [0.2, 0.25) is 5.88 Å². The molecule has 4 heterocycles. The smallest absolute Gasteiger partial charge is 0.215 e. The van der Waals surface area contributed by atoms with Crippen LogP contribution in [0.3, 0.4) is 0 Å². The molecule has 0 spiro atoms. The summed E-state index contributed by atoms with van der Waals surface area (Å²) in [5, 5.41) is 37.9. The van der Waals surface area contributed by atoms with E-state index in [-0.39, 0.29) is 29.8 Å². The molecular weight excluding hydrogens is 556 g/mol. The monoisotopic (exact) mass is 600 g/mol. The van der Waals surface area contributed by atoms with Gasteiger partial charge in [0.25, 0.3) is 0 Å². The number of piperidine rings is 2. The number of aromatic hydroxyl groups is 1. The third-order valence-corrected chi connectivity index (χ3v) is 8.59. The van der Waals surface area contributed by atoms with Crippen molar-refractivity contribution in [2.75, 3.05) is 36.4 Å². The lowest BCUT2D eigenvalue weighted by atomic mass is 9.91. The van der Waals surface area contributed by atoms with Crippen molar-refractivity contribution in [3.63, 3.8) is 0 Å². The number of phenolic OH excluding ortho intramolecular Hbond substituents is 1. The molecule has 11 heteroatoms. The molecular formula is C33H44N8O3. The summed E-state index contributed by atoms with van der Waals surface area (Å²) in [6.07, 6.45) is 8.54. The maximum absolute atomic E-state index is 10.4. The Kier molecular flexibility index (Phi) is 9.42. The third-order valence-electron chi connectivity index (χ3n) is 8.59. The summed E-state index contributed by atoms with van der Waals surface area (Å²) in [5.74, 6) is 1.04. The first-order valence-corrected chi connectivity index (χ1v) is 15.9. The molecule has 3 fully saturated rings. The van der Waals surface area contributed by atoms with Crippen molar-refractivity contribution in [2.24, 2.45) is 0 Å². The summed E-state index contributed by atoms with van der Waals surface area (Å²) in [6.45, 7) is 7.82. The minimum atomic E-state index is 0.0887. The number of para-hydroxylation sites is 1. The Morgan fingerprint density at radius 3 is 2.52 bits per heavy atom. The second kappa shape index (κ2) is 13.8. The van der Waals surface area contributed by atoms with Crippen molar-refractivity contribution >= 4 is 17.2 Å². The highest BCUT2D eigenvalue weighted by Gasteiger charge is 2.34. The Morgan fingerprint density at radius 1 is 1.00 bits per heavy atom. The van der Waals surface area contributed by atoms with Crippen molar-refractivity contribution in [1.29, 1.82) is 5.41 Å². The number of hydrogen-bond acceptors (Lipinski definition) is 10. The number of nitrogens with zero attached hydrogens (tertiary/aromatic N) is 4. The van der Waals surface area contributed by atoms with Gasteiger partial charge in [-0.1, -0.05) is 12.1 Å². The van der Waals surface area contributed by atoms with Crippen LogP contribution in [0.2, 0.25) is 0 Å². The molecule has 2 saturated heterocycles. The van der Waals surface area contributed by atoms with Crippen LogP contribution in [0.15, 0.2) is 48.7 Å². The van der Waals surface area contributed by atoms with Gasteiger partial charge < -0.3 is 35.4 Å². The minimum Gasteiger partial charge on any atom is -0.507 e. The van der Waals surface area contributed by atoms with Crippen LogP contribution in [-0.4, -0.2) is 82.7 Å². The van der Waals surface area contributed by atoms with Crippen molar-refractivity contribution < 1.29 is 14.6 Å². The van der Waals surface area contributed by atoms with Crippen LogP contribution in [-0.2, 0) is 4.74 Å². The number of amidine groups is 1. The minimum absolute atomic E-state index is 0.0887. The van der Waals surface area contributed by atoms with E-state index in [1.807, 2.05) is 44.3 Å².